The zero-order chi connectivity index (χ0) is 15.9. The van der Waals surface area contributed by atoms with Gasteiger partial charge in [0, 0.05) is 0 Å². The van der Waals surface area contributed by atoms with E-state index in [4.69, 9.17) is 9.47 Å². The van der Waals surface area contributed by atoms with Crippen LogP contribution in [0.2, 0.25) is 0 Å². The fraction of sp³-hybridized carbons (Fsp3) is 0.438. The first-order chi connectivity index (χ1) is 9.81. The predicted octanol–water partition coefficient (Wildman–Crippen LogP) is 2.84. The Morgan fingerprint density at radius 1 is 1.23 bits per heavy atom. The van der Waals surface area contributed by atoms with Crippen molar-refractivity contribution in [2.24, 2.45) is 0 Å². The van der Waals surface area contributed by atoms with Crippen LogP contribution in [0.1, 0.15) is 32.8 Å². The van der Waals surface area contributed by atoms with E-state index in [0.717, 1.165) is 5.56 Å². The van der Waals surface area contributed by atoms with Crippen molar-refractivity contribution in [3.8, 4) is 0 Å². The Kier molecular flexibility index (Phi) is 8.83. The molecule has 0 aliphatic carbocycles. The maximum absolute atomic E-state index is 11.9. The fourth-order valence-electron chi connectivity index (χ4n) is 1.53. The van der Waals surface area contributed by atoms with Crippen molar-refractivity contribution in [2.45, 2.75) is 45.4 Å². The quantitative estimate of drug-likeness (QED) is 0.501. The molecule has 5 nitrogen and oxygen atoms in total. The Bertz CT molecular complexity index is 471. The zero-order valence-corrected chi connectivity index (χ0v) is 14.0. The molecular formula is C16H22CuNO4. The van der Waals surface area contributed by atoms with E-state index in [1.807, 2.05) is 30.3 Å². The molecule has 126 valence electrons. The summed E-state index contributed by atoms with van der Waals surface area (Å²) in [5.74, 6) is -0.528. The van der Waals surface area contributed by atoms with Crippen molar-refractivity contribution in [2.75, 3.05) is 0 Å². The van der Waals surface area contributed by atoms with Gasteiger partial charge in [0.25, 0.3) is 0 Å². The van der Waals surface area contributed by atoms with Crippen LogP contribution in [0.15, 0.2) is 30.3 Å². The third-order valence-corrected chi connectivity index (χ3v) is 2.49. The summed E-state index contributed by atoms with van der Waals surface area (Å²) >= 11 is 0. The van der Waals surface area contributed by atoms with Gasteiger partial charge in [-0.1, -0.05) is 30.3 Å². The number of alkyl carbamates (subject to hydrolysis) is 1. The Hall–Kier alpha value is -1.52. The molecule has 1 rings (SSSR count). The van der Waals surface area contributed by atoms with Crippen molar-refractivity contribution in [1.82, 2.24) is 5.32 Å². The van der Waals surface area contributed by atoms with Crippen LogP contribution in [0.25, 0.3) is 0 Å². The summed E-state index contributed by atoms with van der Waals surface area (Å²) in [6.07, 6.45) is -0.472. The second-order valence-electron chi connectivity index (χ2n) is 5.58. The van der Waals surface area contributed by atoms with Gasteiger partial charge in [0.1, 0.15) is 18.2 Å². The third kappa shape index (κ3) is 8.05. The Morgan fingerprint density at radius 2 is 1.82 bits per heavy atom. The van der Waals surface area contributed by atoms with Crippen LogP contribution in [-0.2, 0) is 37.9 Å². The maximum atomic E-state index is 11.9. The SMILES string of the molecule is [CH2-]C[C@H](NC(=O)OC(C)(C)C)C(=O)OCc1ccccc1.[Cu+]. The van der Waals surface area contributed by atoms with Crippen LogP contribution in [0, 0.1) is 6.92 Å². The summed E-state index contributed by atoms with van der Waals surface area (Å²) in [5.41, 5.74) is 0.259. The largest absolute Gasteiger partial charge is 1.00 e. The number of esters is 1. The molecule has 1 aromatic rings. The molecule has 0 spiro atoms. The summed E-state index contributed by atoms with van der Waals surface area (Å²) in [4.78, 5) is 23.6. The van der Waals surface area contributed by atoms with Crippen molar-refractivity contribution in [1.29, 1.82) is 0 Å². The first-order valence-electron chi connectivity index (χ1n) is 6.81. The zero-order valence-electron chi connectivity index (χ0n) is 13.0. The van der Waals surface area contributed by atoms with E-state index in [9.17, 15) is 9.59 Å². The summed E-state index contributed by atoms with van der Waals surface area (Å²) in [5, 5.41) is 2.46. The van der Waals surface area contributed by atoms with Crippen molar-refractivity contribution >= 4 is 12.1 Å². The molecule has 0 heterocycles. The number of ether oxygens (including phenoxy) is 2. The van der Waals surface area contributed by atoms with E-state index in [0.29, 0.717) is 0 Å². The molecular weight excluding hydrogens is 334 g/mol. The average Bonchev–Trinajstić information content (AvgIpc) is 2.41. The van der Waals surface area contributed by atoms with Crippen LogP contribution >= 0.6 is 0 Å². The first-order valence-corrected chi connectivity index (χ1v) is 6.81. The molecule has 6 heteroatoms. The van der Waals surface area contributed by atoms with Crippen LogP contribution in [-0.4, -0.2) is 23.7 Å². The Balaban J connectivity index is 0.00000441. The standard InChI is InChI=1S/C16H22NO4.Cu/c1-5-13(17-15(19)21-16(2,3)4)14(18)20-11-12-9-7-6-8-10-12;/h6-10,13H,1,5,11H2,2-4H3,(H,17,19);/q-1;+1/t13-;/m0./s1. The van der Waals surface area contributed by atoms with Gasteiger partial charge in [0.15, 0.2) is 0 Å². The second-order valence-corrected chi connectivity index (χ2v) is 5.58. The molecule has 0 radical (unpaired) electrons. The first kappa shape index (κ1) is 20.5. The van der Waals surface area contributed by atoms with Crippen molar-refractivity contribution in [3.63, 3.8) is 0 Å². The van der Waals surface area contributed by atoms with E-state index in [1.165, 1.54) is 0 Å². The van der Waals surface area contributed by atoms with Gasteiger partial charge < -0.3 is 21.7 Å². The van der Waals surface area contributed by atoms with Gasteiger partial charge in [-0.05, 0) is 26.3 Å². The summed E-state index contributed by atoms with van der Waals surface area (Å²) in [7, 11) is 0. The summed E-state index contributed by atoms with van der Waals surface area (Å²) < 4.78 is 10.3. The summed E-state index contributed by atoms with van der Waals surface area (Å²) in [6, 6.07) is 8.50. The number of carbonyl (C=O) groups is 2. The van der Waals surface area contributed by atoms with E-state index < -0.39 is 23.7 Å². The van der Waals surface area contributed by atoms with Gasteiger partial charge in [0.05, 0.1) is 0 Å². The third-order valence-electron chi connectivity index (χ3n) is 2.49. The van der Waals surface area contributed by atoms with Gasteiger partial charge >= 0.3 is 29.1 Å². The maximum Gasteiger partial charge on any atom is 1.00 e. The van der Waals surface area contributed by atoms with Crippen LogP contribution < -0.4 is 5.32 Å². The minimum atomic E-state index is -0.816. The van der Waals surface area contributed by atoms with E-state index >= 15 is 0 Å². The number of carbonyl (C=O) groups excluding carboxylic acids is 2. The van der Waals surface area contributed by atoms with E-state index in [2.05, 4.69) is 12.2 Å². The topological polar surface area (TPSA) is 64.6 Å². The number of amides is 1. The van der Waals surface area contributed by atoms with Crippen molar-refractivity contribution < 1.29 is 36.1 Å². The number of nitrogens with one attached hydrogen (secondary N) is 1. The smallest absolute Gasteiger partial charge is 0.459 e. The number of rotatable bonds is 5. The van der Waals surface area contributed by atoms with Gasteiger partial charge in [-0.25, -0.2) is 9.59 Å². The average molecular weight is 356 g/mol. The minimum absolute atomic E-state index is 0. The van der Waals surface area contributed by atoms with Crippen LogP contribution in [0.4, 0.5) is 4.79 Å². The normalized spacial score (nSPS) is 11.8. The van der Waals surface area contributed by atoms with E-state index in [-0.39, 0.29) is 30.1 Å². The van der Waals surface area contributed by atoms with Gasteiger partial charge in [-0.2, -0.15) is 6.42 Å². The van der Waals surface area contributed by atoms with Gasteiger partial charge in [-0.3, -0.25) is 0 Å². The van der Waals surface area contributed by atoms with E-state index in [1.54, 1.807) is 20.8 Å². The molecule has 0 bridgehead atoms. The number of hydrogen-bond donors (Lipinski definition) is 1. The predicted molar refractivity (Wildman–Crippen MR) is 79.4 cm³/mol. The molecule has 1 N–H and O–H groups in total. The number of benzene rings is 1. The Labute approximate surface area is 142 Å². The molecule has 0 unspecified atom stereocenters. The molecule has 1 atom stereocenters. The molecule has 1 amide bonds. The molecule has 0 aromatic heterocycles. The fourth-order valence-corrected chi connectivity index (χ4v) is 1.53. The monoisotopic (exact) mass is 355 g/mol. The Morgan fingerprint density at radius 3 is 2.32 bits per heavy atom. The molecule has 1 aromatic carbocycles. The molecule has 0 fully saturated rings. The molecule has 0 aliphatic rings. The van der Waals surface area contributed by atoms with Crippen LogP contribution in [0.5, 0.6) is 0 Å². The van der Waals surface area contributed by atoms with Gasteiger partial charge in [0.2, 0.25) is 0 Å². The molecule has 0 saturated carbocycles. The molecule has 0 saturated heterocycles. The second kappa shape index (κ2) is 9.49. The van der Waals surface area contributed by atoms with Crippen LogP contribution in [0.3, 0.4) is 0 Å². The van der Waals surface area contributed by atoms with Gasteiger partial charge in [-0.15, -0.1) is 0 Å². The molecule has 0 aliphatic heterocycles. The molecule has 22 heavy (non-hydrogen) atoms. The number of hydrogen-bond acceptors (Lipinski definition) is 4. The summed E-state index contributed by atoms with van der Waals surface area (Å²) in [6.45, 7) is 9.05. The van der Waals surface area contributed by atoms with Crippen molar-refractivity contribution in [3.05, 3.63) is 42.8 Å². The minimum Gasteiger partial charge on any atom is -0.459 e.